The number of fused-ring (bicyclic) bond motifs is 1. The molecule has 3 aromatic rings. The summed E-state index contributed by atoms with van der Waals surface area (Å²) in [4.78, 5) is 14.6. The minimum atomic E-state index is -0.0668. The third kappa shape index (κ3) is 2.69. The Morgan fingerprint density at radius 1 is 1.04 bits per heavy atom. The minimum absolute atomic E-state index is 0.0668. The Hall–Kier alpha value is -2.95. The topological polar surface area (TPSA) is 51.0 Å². The Morgan fingerprint density at radius 2 is 1.79 bits per heavy atom. The zero-order chi connectivity index (χ0) is 16.5. The second kappa shape index (κ2) is 5.92. The third-order valence-corrected chi connectivity index (χ3v) is 4.43. The van der Waals surface area contributed by atoms with Gasteiger partial charge in [0.05, 0.1) is 11.9 Å². The lowest BCUT2D eigenvalue weighted by atomic mass is 10.00. The molecular formula is C19H18N4O. The van der Waals surface area contributed by atoms with Gasteiger partial charge >= 0.3 is 0 Å². The van der Waals surface area contributed by atoms with Crippen molar-refractivity contribution >= 4 is 5.91 Å². The maximum absolute atomic E-state index is 12.7. The van der Waals surface area contributed by atoms with Crippen LogP contribution < -0.4 is 0 Å². The fourth-order valence-electron chi connectivity index (χ4n) is 3.02. The van der Waals surface area contributed by atoms with Crippen LogP contribution in [0.5, 0.6) is 0 Å². The monoisotopic (exact) mass is 318 g/mol. The summed E-state index contributed by atoms with van der Waals surface area (Å²) in [6.07, 6.45) is 2.58. The molecule has 1 aliphatic heterocycles. The largest absolute Gasteiger partial charge is 0.333 e. The van der Waals surface area contributed by atoms with Crippen LogP contribution in [0.3, 0.4) is 0 Å². The number of benzene rings is 2. The smallest absolute Gasteiger partial charge is 0.276 e. The highest BCUT2D eigenvalue weighted by molar-refractivity contribution is 5.92. The van der Waals surface area contributed by atoms with Gasteiger partial charge in [-0.15, -0.1) is 5.10 Å². The Bertz CT molecular complexity index is 882. The van der Waals surface area contributed by atoms with Gasteiger partial charge in [0.2, 0.25) is 0 Å². The number of carbonyl (C=O) groups excluding carboxylic acids is 1. The molecule has 0 N–H and O–H groups in total. The Morgan fingerprint density at radius 3 is 2.58 bits per heavy atom. The Labute approximate surface area is 140 Å². The van der Waals surface area contributed by atoms with Gasteiger partial charge in [0.25, 0.3) is 5.91 Å². The molecule has 120 valence electrons. The first-order valence-corrected chi connectivity index (χ1v) is 8.06. The van der Waals surface area contributed by atoms with Crippen molar-refractivity contribution in [2.24, 2.45) is 0 Å². The number of amides is 1. The summed E-state index contributed by atoms with van der Waals surface area (Å²) >= 11 is 0. The minimum Gasteiger partial charge on any atom is -0.333 e. The van der Waals surface area contributed by atoms with Gasteiger partial charge in [0, 0.05) is 13.1 Å². The highest BCUT2D eigenvalue weighted by Gasteiger charge is 2.23. The van der Waals surface area contributed by atoms with Crippen LogP contribution in [0.4, 0.5) is 0 Å². The maximum atomic E-state index is 12.7. The van der Waals surface area contributed by atoms with Crippen molar-refractivity contribution in [3.63, 3.8) is 0 Å². The number of rotatable bonds is 2. The number of aryl methyl sites for hydroxylation is 1. The fourth-order valence-corrected chi connectivity index (χ4v) is 3.02. The van der Waals surface area contributed by atoms with Crippen molar-refractivity contribution in [2.45, 2.75) is 19.9 Å². The highest BCUT2D eigenvalue weighted by Crippen LogP contribution is 2.20. The molecular weight excluding hydrogens is 300 g/mol. The number of carbonyl (C=O) groups is 1. The van der Waals surface area contributed by atoms with Crippen LogP contribution in [0.25, 0.3) is 5.69 Å². The zero-order valence-electron chi connectivity index (χ0n) is 13.5. The second-order valence-corrected chi connectivity index (χ2v) is 6.13. The average molecular weight is 318 g/mol. The van der Waals surface area contributed by atoms with Gasteiger partial charge in [-0.05, 0) is 36.6 Å². The molecule has 4 rings (SSSR count). The summed E-state index contributed by atoms with van der Waals surface area (Å²) in [6, 6.07) is 16.2. The second-order valence-electron chi connectivity index (χ2n) is 6.13. The first kappa shape index (κ1) is 14.6. The third-order valence-electron chi connectivity index (χ3n) is 4.43. The van der Waals surface area contributed by atoms with Gasteiger partial charge in [-0.1, -0.05) is 47.2 Å². The van der Waals surface area contributed by atoms with E-state index in [0.717, 1.165) is 12.1 Å². The molecule has 0 unspecified atom stereocenters. The van der Waals surface area contributed by atoms with E-state index in [2.05, 4.69) is 22.4 Å². The molecule has 2 aromatic carbocycles. The van der Waals surface area contributed by atoms with Gasteiger partial charge in [0.1, 0.15) is 0 Å². The number of hydrogen-bond donors (Lipinski definition) is 0. The van der Waals surface area contributed by atoms with Crippen LogP contribution >= 0.6 is 0 Å². The SMILES string of the molecule is Cc1ccc(-n2cc(C(=O)N3CCc4ccccc4C3)nn2)cc1. The van der Waals surface area contributed by atoms with E-state index in [1.807, 2.05) is 48.2 Å². The molecule has 24 heavy (non-hydrogen) atoms. The lowest BCUT2D eigenvalue weighted by molar-refractivity contribution is 0.0728. The van der Waals surface area contributed by atoms with Crippen LogP contribution in [0.2, 0.25) is 0 Å². The standard InChI is InChI=1S/C19H18N4O/c1-14-6-8-17(9-7-14)23-13-18(20-21-23)19(24)22-11-10-15-4-2-3-5-16(15)12-22/h2-9,13H,10-12H2,1H3. The zero-order valence-corrected chi connectivity index (χ0v) is 13.5. The van der Waals surface area contributed by atoms with Crippen molar-refractivity contribution in [3.05, 3.63) is 77.1 Å². The molecule has 5 heteroatoms. The predicted octanol–water partition coefficient (Wildman–Crippen LogP) is 2.77. The van der Waals surface area contributed by atoms with E-state index < -0.39 is 0 Å². The van der Waals surface area contributed by atoms with Crippen LogP contribution in [0, 0.1) is 6.92 Å². The van der Waals surface area contributed by atoms with Crippen LogP contribution in [-0.2, 0) is 13.0 Å². The van der Waals surface area contributed by atoms with Gasteiger partial charge < -0.3 is 4.90 Å². The molecule has 0 atom stereocenters. The molecule has 0 fully saturated rings. The highest BCUT2D eigenvalue weighted by atomic mass is 16.2. The average Bonchev–Trinajstić information content (AvgIpc) is 3.11. The lowest BCUT2D eigenvalue weighted by Crippen LogP contribution is -2.36. The van der Waals surface area contributed by atoms with E-state index in [1.165, 1.54) is 16.7 Å². The van der Waals surface area contributed by atoms with Crippen molar-refractivity contribution in [1.82, 2.24) is 19.9 Å². The van der Waals surface area contributed by atoms with Crippen molar-refractivity contribution in [1.29, 1.82) is 0 Å². The van der Waals surface area contributed by atoms with E-state index in [-0.39, 0.29) is 5.91 Å². The molecule has 0 saturated carbocycles. The molecule has 0 spiro atoms. The fraction of sp³-hybridized carbons (Fsp3) is 0.211. The lowest BCUT2D eigenvalue weighted by Gasteiger charge is -2.28. The summed E-state index contributed by atoms with van der Waals surface area (Å²) in [5.41, 5.74) is 5.00. The summed E-state index contributed by atoms with van der Waals surface area (Å²) in [5, 5.41) is 8.16. The quantitative estimate of drug-likeness (QED) is 0.730. The molecule has 0 aliphatic carbocycles. The van der Waals surface area contributed by atoms with Crippen molar-refractivity contribution < 1.29 is 4.79 Å². The van der Waals surface area contributed by atoms with E-state index in [1.54, 1.807) is 10.9 Å². The van der Waals surface area contributed by atoms with Crippen molar-refractivity contribution in [3.8, 4) is 5.69 Å². The van der Waals surface area contributed by atoms with Gasteiger partial charge in [-0.25, -0.2) is 4.68 Å². The molecule has 5 nitrogen and oxygen atoms in total. The first-order valence-electron chi connectivity index (χ1n) is 8.06. The summed E-state index contributed by atoms with van der Waals surface area (Å²) < 4.78 is 1.64. The van der Waals surface area contributed by atoms with E-state index in [4.69, 9.17) is 0 Å². The molecule has 0 radical (unpaired) electrons. The van der Waals surface area contributed by atoms with Gasteiger partial charge in [-0.3, -0.25) is 4.79 Å². The summed E-state index contributed by atoms with van der Waals surface area (Å²) in [7, 11) is 0. The van der Waals surface area contributed by atoms with E-state index in [0.29, 0.717) is 18.8 Å². The molecule has 0 saturated heterocycles. The maximum Gasteiger partial charge on any atom is 0.276 e. The molecule has 0 bridgehead atoms. The molecule has 1 aliphatic rings. The van der Waals surface area contributed by atoms with Crippen LogP contribution in [-0.4, -0.2) is 32.3 Å². The number of nitrogens with zero attached hydrogens (tertiary/aromatic N) is 4. The van der Waals surface area contributed by atoms with Gasteiger partial charge in [0.15, 0.2) is 5.69 Å². The van der Waals surface area contributed by atoms with Crippen LogP contribution in [0.1, 0.15) is 27.2 Å². The van der Waals surface area contributed by atoms with Gasteiger partial charge in [-0.2, -0.15) is 0 Å². The number of hydrogen-bond acceptors (Lipinski definition) is 3. The van der Waals surface area contributed by atoms with Crippen molar-refractivity contribution in [2.75, 3.05) is 6.54 Å². The number of aromatic nitrogens is 3. The Balaban J connectivity index is 1.55. The normalized spacial score (nSPS) is 13.6. The molecule has 1 amide bonds. The van der Waals surface area contributed by atoms with E-state index >= 15 is 0 Å². The molecule has 2 heterocycles. The summed E-state index contributed by atoms with van der Waals surface area (Å²) in [6.45, 7) is 3.38. The summed E-state index contributed by atoms with van der Waals surface area (Å²) in [5.74, 6) is -0.0668. The van der Waals surface area contributed by atoms with E-state index in [9.17, 15) is 4.79 Å². The van der Waals surface area contributed by atoms with Crippen LogP contribution in [0.15, 0.2) is 54.7 Å². The molecule has 1 aromatic heterocycles. The Kier molecular flexibility index (Phi) is 3.61. The first-order chi connectivity index (χ1) is 11.7. The predicted molar refractivity (Wildman–Crippen MR) is 91.0 cm³/mol.